The lowest BCUT2D eigenvalue weighted by atomic mass is 10.3. The normalized spacial score (nSPS) is 10.2. The van der Waals surface area contributed by atoms with Gasteiger partial charge in [0.05, 0.1) is 6.61 Å². The van der Waals surface area contributed by atoms with Crippen LogP contribution in [0.3, 0.4) is 0 Å². The molecule has 0 N–H and O–H groups in total. The molecule has 0 unspecified atom stereocenters. The van der Waals surface area contributed by atoms with E-state index < -0.39 is 0 Å². The van der Waals surface area contributed by atoms with E-state index in [2.05, 4.69) is 4.98 Å². The first kappa shape index (κ1) is 11.3. The van der Waals surface area contributed by atoms with E-state index in [0.717, 1.165) is 17.9 Å². The molecule has 0 saturated carbocycles. The Labute approximate surface area is 89.7 Å². The van der Waals surface area contributed by atoms with Crippen molar-refractivity contribution in [2.75, 3.05) is 32.2 Å². The SMILES string of the molecule is COCCN(C)c1cc(CCl)ccn1. The summed E-state index contributed by atoms with van der Waals surface area (Å²) >= 11 is 5.74. The Morgan fingerprint density at radius 3 is 3.00 bits per heavy atom. The number of pyridine rings is 1. The highest BCUT2D eigenvalue weighted by atomic mass is 35.5. The second kappa shape index (κ2) is 5.83. The molecule has 0 saturated heterocycles. The van der Waals surface area contributed by atoms with Crippen molar-refractivity contribution in [1.82, 2.24) is 4.98 Å². The molecule has 0 aliphatic heterocycles. The molecule has 3 nitrogen and oxygen atoms in total. The maximum atomic E-state index is 5.74. The maximum Gasteiger partial charge on any atom is 0.128 e. The highest BCUT2D eigenvalue weighted by Gasteiger charge is 2.02. The number of hydrogen-bond donors (Lipinski definition) is 0. The second-order valence-corrected chi connectivity index (χ2v) is 3.34. The Balaban J connectivity index is 2.64. The number of anilines is 1. The first-order chi connectivity index (χ1) is 6.77. The quantitative estimate of drug-likeness (QED) is 0.701. The zero-order valence-corrected chi connectivity index (χ0v) is 9.29. The molecule has 0 bridgehead atoms. The summed E-state index contributed by atoms with van der Waals surface area (Å²) < 4.78 is 5.00. The first-order valence-electron chi connectivity index (χ1n) is 4.49. The van der Waals surface area contributed by atoms with Crippen molar-refractivity contribution in [3.8, 4) is 0 Å². The van der Waals surface area contributed by atoms with Crippen molar-refractivity contribution in [1.29, 1.82) is 0 Å². The van der Waals surface area contributed by atoms with Gasteiger partial charge in [0.25, 0.3) is 0 Å². The fraction of sp³-hybridized carbons (Fsp3) is 0.500. The van der Waals surface area contributed by atoms with Crippen LogP contribution < -0.4 is 4.90 Å². The van der Waals surface area contributed by atoms with Crippen molar-refractivity contribution in [3.63, 3.8) is 0 Å². The smallest absolute Gasteiger partial charge is 0.128 e. The predicted molar refractivity (Wildman–Crippen MR) is 58.9 cm³/mol. The van der Waals surface area contributed by atoms with Gasteiger partial charge in [-0.15, -0.1) is 11.6 Å². The van der Waals surface area contributed by atoms with Crippen molar-refractivity contribution >= 4 is 17.4 Å². The first-order valence-corrected chi connectivity index (χ1v) is 5.02. The van der Waals surface area contributed by atoms with Gasteiger partial charge in [0, 0.05) is 32.8 Å². The molecule has 0 spiro atoms. The number of methoxy groups -OCH3 is 1. The molecule has 0 aliphatic carbocycles. The standard InChI is InChI=1S/C10H15ClN2O/c1-13(5-6-14-2)10-7-9(8-11)3-4-12-10/h3-4,7H,5-6,8H2,1-2H3. The number of hydrogen-bond acceptors (Lipinski definition) is 3. The van der Waals surface area contributed by atoms with Gasteiger partial charge in [0.2, 0.25) is 0 Å². The maximum absolute atomic E-state index is 5.74. The summed E-state index contributed by atoms with van der Waals surface area (Å²) in [6.07, 6.45) is 1.77. The van der Waals surface area contributed by atoms with E-state index in [-0.39, 0.29) is 0 Å². The Morgan fingerprint density at radius 1 is 1.57 bits per heavy atom. The van der Waals surface area contributed by atoms with E-state index >= 15 is 0 Å². The molecular formula is C10H15ClN2O. The van der Waals surface area contributed by atoms with Gasteiger partial charge in [-0.3, -0.25) is 0 Å². The largest absolute Gasteiger partial charge is 0.383 e. The number of ether oxygens (including phenoxy) is 1. The minimum absolute atomic E-state index is 0.521. The monoisotopic (exact) mass is 214 g/mol. The van der Waals surface area contributed by atoms with E-state index in [9.17, 15) is 0 Å². The Bertz CT molecular complexity index is 281. The van der Waals surface area contributed by atoms with Crippen molar-refractivity contribution < 1.29 is 4.74 Å². The lowest BCUT2D eigenvalue weighted by Crippen LogP contribution is -2.23. The summed E-state index contributed by atoms with van der Waals surface area (Å²) in [5, 5.41) is 0. The fourth-order valence-electron chi connectivity index (χ4n) is 1.10. The van der Waals surface area contributed by atoms with Gasteiger partial charge >= 0.3 is 0 Å². The number of likely N-dealkylation sites (N-methyl/N-ethyl adjacent to an activating group) is 1. The lowest BCUT2D eigenvalue weighted by Gasteiger charge is -2.17. The molecule has 0 fully saturated rings. The second-order valence-electron chi connectivity index (χ2n) is 3.07. The molecule has 0 atom stereocenters. The van der Waals surface area contributed by atoms with Crippen molar-refractivity contribution in [2.24, 2.45) is 0 Å². The molecule has 1 aromatic rings. The van der Waals surface area contributed by atoms with Crippen LogP contribution in [-0.2, 0) is 10.6 Å². The topological polar surface area (TPSA) is 25.4 Å². The molecule has 14 heavy (non-hydrogen) atoms. The van der Waals surface area contributed by atoms with Gasteiger partial charge in [-0.2, -0.15) is 0 Å². The number of nitrogens with zero attached hydrogens (tertiary/aromatic N) is 2. The molecule has 0 radical (unpaired) electrons. The minimum Gasteiger partial charge on any atom is -0.383 e. The molecule has 78 valence electrons. The van der Waals surface area contributed by atoms with Gasteiger partial charge in [0.1, 0.15) is 5.82 Å². The summed E-state index contributed by atoms with van der Waals surface area (Å²) in [6.45, 7) is 1.53. The highest BCUT2D eigenvalue weighted by molar-refractivity contribution is 6.17. The summed E-state index contributed by atoms with van der Waals surface area (Å²) in [5.74, 6) is 1.45. The van der Waals surface area contributed by atoms with Gasteiger partial charge in [-0.25, -0.2) is 4.98 Å². The van der Waals surface area contributed by atoms with Crippen LogP contribution in [0, 0.1) is 0 Å². The zero-order chi connectivity index (χ0) is 10.4. The van der Waals surface area contributed by atoms with Crippen LogP contribution in [0.25, 0.3) is 0 Å². The highest BCUT2D eigenvalue weighted by Crippen LogP contribution is 2.12. The predicted octanol–water partition coefficient (Wildman–Crippen LogP) is 1.90. The minimum atomic E-state index is 0.521. The van der Waals surface area contributed by atoms with Crippen LogP contribution in [0.5, 0.6) is 0 Å². The van der Waals surface area contributed by atoms with E-state index in [1.807, 2.05) is 24.1 Å². The summed E-state index contributed by atoms with van der Waals surface area (Å²) in [5.41, 5.74) is 1.08. The Hall–Kier alpha value is -0.800. The van der Waals surface area contributed by atoms with Gasteiger partial charge in [-0.1, -0.05) is 0 Å². The summed E-state index contributed by atoms with van der Waals surface area (Å²) in [6, 6.07) is 3.91. The van der Waals surface area contributed by atoms with E-state index in [1.54, 1.807) is 13.3 Å². The van der Waals surface area contributed by atoms with Gasteiger partial charge < -0.3 is 9.64 Å². The third kappa shape index (κ3) is 3.16. The fourth-order valence-corrected chi connectivity index (χ4v) is 1.26. The number of alkyl halides is 1. The van der Waals surface area contributed by atoms with Crippen molar-refractivity contribution in [3.05, 3.63) is 23.9 Å². The van der Waals surface area contributed by atoms with Crippen LogP contribution in [-0.4, -0.2) is 32.3 Å². The van der Waals surface area contributed by atoms with Crippen LogP contribution in [0.4, 0.5) is 5.82 Å². The molecule has 0 amide bonds. The Morgan fingerprint density at radius 2 is 2.36 bits per heavy atom. The Kier molecular flexibility index (Phi) is 4.70. The van der Waals surface area contributed by atoms with Crippen molar-refractivity contribution in [2.45, 2.75) is 5.88 Å². The number of halogens is 1. The third-order valence-electron chi connectivity index (χ3n) is 1.99. The molecule has 1 rings (SSSR count). The van der Waals surface area contributed by atoms with E-state index in [4.69, 9.17) is 16.3 Å². The summed E-state index contributed by atoms with van der Waals surface area (Å²) in [7, 11) is 3.68. The number of aromatic nitrogens is 1. The number of rotatable bonds is 5. The van der Waals surface area contributed by atoms with Crippen LogP contribution in [0.15, 0.2) is 18.3 Å². The summed E-state index contributed by atoms with van der Waals surface area (Å²) in [4.78, 5) is 6.29. The molecule has 4 heteroatoms. The van der Waals surface area contributed by atoms with Crippen LogP contribution in [0.2, 0.25) is 0 Å². The third-order valence-corrected chi connectivity index (χ3v) is 2.29. The molecular weight excluding hydrogens is 200 g/mol. The average Bonchev–Trinajstić information content (AvgIpc) is 2.26. The average molecular weight is 215 g/mol. The zero-order valence-electron chi connectivity index (χ0n) is 8.53. The van der Waals surface area contributed by atoms with Gasteiger partial charge in [0.15, 0.2) is 0 Å². The van der Waals surface area contributed by atoms with E-state index in [1.165, 1.54) is 0 Å². The van der Waals surface area contributed by atoms with E-state index in [0.29, 0.717) is 12.5 Å². The van der Waals surface area contributed by atoms with Crippen LogP contribution in [0.1, 0.15) is 5.56 Å². The molecule has 1 aromatic heterocycles. The lowest BCUT2D eigenvalue weighted by molar-refractivity contribution is 0.206. The van der Waals surface area contributed by atoms with Gasteiger partial charge in [-0.05, 0) is 17.7 Å². The molecule has 0 aromatic carbocycles. The molecule has 1 heterocycles. The van der Waals surface area contributed by atoms with Crippen LogP contribution >= 0.6 is 11.6 Å². The molecule has 0 aliphatic rings.